The van der Waals surface area contributed by atoms with E-state index in [-0.39, 0.29) is 30.3 Å². The Morgan fingerprint density at radius 3 is 2.21 bits per heavy atom. The van der Waals surface area contributed by atoms with Crippen LogP contribution in [0.2, 0.25) is 0 Å². The first kappa shape index (κ1) is 29.5. The number of methoxy groups -OCH3 is 2. The van der Waals surface area contributed by atoms with Crippen molar-refractivity contribution in [3.8, 4) is 11.5 Å². The van der Waals surface area contributed by atoms with Crippen LogP contribution in [0.25, 0.3) is 0 Å². The van der Waals surface area contributed by atoms with E-state index < -0.39 is 28.5 Å². The van der Waals surface area contributed by atoms with Crippen molar-refractivity contribution >= 4 is 27.5 Å². The van der Waals surface area contributed by atoms with E-state index in [0.29, 0.717) is 5.75 Å². The molecule has 0 aliphatic heterocycles. The summed E-state index contributed by atoms with van der Waals surface area (Å²) in [6, 6.07) is 20.7. The second kappa shape index (κ2) is 13.1. The van der Waals surface area contributed by atoms with Gasteiger partial charge >= 0.3 is 0 Å². The average molecular weight is 554 g/mol. The molecule has 3 rings (SSSR count). The fourth-order valence-electron chi connectivity index (χ4n) is 4.28. The second-order valence-electron chi connectivity index (χ2n) is 9.08. The fraction of sp³-hybridized carbons (Fsp3) is 0.310. The molecule has 0 heterocycles. The minimum Gasteiger partial charge on any atom is -0.497 e. The van der Waals surface area contributed by atoms with Gasteiger partial charge in [0.05, 0.1) is 26.2 Å². The van der Waals surface area contributed by atoms with Crippen LogP contribution < -0.4 is 19.1 Å². The molecule has 0 saturated carbocycles. The molecule has 0 aliphatic carbocycles. The molecule has 3 aromatic carbocycles. The number of nitrogens with zero attached hydrogens (tertiary/aromatic N) is 2. The molecule has 1 atom stereocenters. The quantitative estimate of drug-likeness (QED) is 0.370. The highest BCUT2D eigenvalue weighted by Crippen LogP contribution is 2.34. The number of anilines is 1. The van der Waals surface area contributed by atoms with Gasteiger partial charge in [-0.05, 0) is 35.7 Å². The molecular formula is C29H35N3O6S. The van der Waals surface area contributed by atoms with Crippen LogP contribution in [0.4, 0.5) is 5.69 Å². The maximum absolute atomic E-state index is 14.0. The van der Waals surface area contributed by atoms with Crippen molar-refractivity contribution in [2.75, 3.05) is 38.4 Å². The zero-order valence-corrected chi connectivity index (χ0v) is 23.7. The van der Waals surface area contributed by atoms with Crippen molar-refractivity contribution in [2.24, 2.45) is 0 Å². The predicted molar refractivity (Wildman–Crippen MR) is 151 cm³/mol. The summed E-state index contributed by atoms with van der Waals surface area (Å²) in [5.41, 5.74) is 2.85. The lowest BCUT2D eigenvalue weighted by molar-refractivity contribution is -0.139. The van der Waals surface area contributed by atoms with Crippen molar-refractivity contribution in [2.45, 2.75) is 25.9 Å². The number of carbonyl (C=O) groups is 2. The molecule has 0 bridgehead atoms. The third-order valence-electron chi connectivity index (χ3n) is 6.45. The summed E-state index contributed by atoms with van der Waals surface area (Å²) in [4.78, 5) is 28.7. The van der Waals surface area contributed by atoms with E-state index in [1.54, 1.807) is 12.1 Å². The largest absolute Gasteiger partial charge is 0.497 e. The Kier molecular flexibility index (Phi) is 9.95. The summed E-state index contributed by atoms with van der Waals surface area (Å²) in [5.74, 6) is -0.191. The minimum atomic E-state index is -3.93. The van der Waals surface area contributed by atoms with Crippen LogP contribution in [0.1, 0.15) is 16.7 Å². The molecule has 208 valence electrons. The summed E-state index contributed by atoms with van der Waals surface area (Å²) in [7, 11) is 0.487. The molecule has 0 aliphatic rings. The van der Waals surface area contributed by atoms with Crippen LogP contribution in [-0.2, 0) is 32.6 Å². The topological polar surface area (TPSA) is 105 Å². The van der Waals surface area contributed by atoms with Gasteiger partial charge in [0.1, 0.15) is 24.1 Å². The van der Waals surface area contributed by atoms with Gasteiger partial charge in [-0.15, -0.1) is 0 Å². The summed E-state index contributed by atoms with van der Waals surface area (Å²) in [6.07, 6.45) is 1.28. The molecule has 1 unspecified atom stereocenters. The summed E-state index contributed by atoms with van der Waals surface area (Å²) in [5, 5.41) is 2.67. The molecule has 2 amide bonds. The number of carbonyl (C=O) groups excluding carboxylic acids is 2. The van der Waals surface area contributed by atoms with Crippen LogP contribution in [0.3, 0.4) is 0 Å². The third kappa shape index (κ3) is 7.51. The maximum Gasteiger partial charge on any atom is 0.244 e. The number of amides is 2. The number of likely N-dealkylation sites (N-methyl/N-ethyl adjacent to an activating group) is 1. The van der Waals surface area contributed by atoms with Crippen LogP contribution in [-0.4, -0.2) is 65.2 Å². The lowest BCUT2D eigenvalue weighted by Gasteiger charge is -2.33. The fourth-order valence-corrected chi connectivity index (χ4v) is 5.13. The first-order valence-corrected chi connectivity index (χ1v) is 14.2. The summed E-state index contributed by atoms with van der Waals surface area (Å²) in [6.45, 7) is 1.51. The lowest BCUT2D eigenvalue weighted by Crippen LogP contribution is -2.53. The highest BCUT2D eigenvalue weighted by Gasteiger charge is 2.33. The van der Waals surface area contributed by atoms with Gasteiger partial charge in [-0.25, -0.2) is 8.42 Å². The first-order valence-electron chi connectivity index (χ1n) is 12.4. The Balaban J connectivity index is 2.07. The molecule has 0 fully saturated rings. The van der Waals surface area contributed by atoms with E-state index in [0.717, 1.165) is 27.3 Å². The van der Waals surface area contributed by atoms with Crippen molar-refractivity contribution in [3.63, 3.8) is 0 Å². The number of hydrogen-bond acceptors (Lipinski definition) is 6. The Labute approximate surface area is 230 Å². The monoisotopic (exact) mass is 553 g/mol. The Morgan fingerprint density at radius 1 is 0.949 bits per heavy atom. The third-order valence-corrected chi connectivity index (χ3v) is 7.58. The van der Waals surface area contributed by atoms with Crippen LogP contribution in [0, 0.1) is 6.92 Å². The highest BCUT2D eigenvalue weighted by atomic mass is 32.2. The van der Waals surface area contributed by atoms with Crippen molar-refractivity contribution < 1.29 is 27.5 Å². The number of sulfonamides is 1. The number of rotatable bonds is 12. The molecular weight excluding hydrogens is 518 g/mol. The molecule has 0 radical (unpaired) electrons. The van der Waals surface area contributed by atoms with Crippen LogP contribution in [0.5, 0.6) is 11.5 Å². The second-order valence-corrected chi connectivity index (χ2v) is 11.0. The minimum absolute atomic E-state index is 0.119. The highest BCUT2D eigenvalue weighted by molar-refractivity contribution is 7.92. The van der Waals surface area contributed by atoms with E-state index in [1.165, 1.54) is 32.2 Å². The van der Waals surface area contributed by atoms with Gasteiger partial charge in [0, 0.05) is 26.1 Å². The van der Waals surface area contributed by atoms with E-state index in [1.807, 2.05) is 61.5 Å². The zero-order chi connectivity index (χ0) is 28.6. The molecule has 9 nitrogen and oxygen atoms in total. The standard InChI is InChI=1S/C29H35N3O6S/c1-21-11-9-10-14-23(21)19-31(26(29(34)30-2)17-22-12-7-6-8-13-22)28(33)20-32(39(5,35)36)25-16-15-24(37-3)18-27(25)38-4/h6-16,18,26H,17,19-20H2,1-5H3,(H,30,34). The zero-order valence-electron chi connectivity index (χ0n) is 22.9. The van der Waals surface area contributed by atoms with Crippen molar-refractivity contribution in [1.29, 1.82) is 0 Å². The van der Waals surface area contributed by atoms with Gasteiger partial charge in [0.2, 0.25) is 21.8 Å². The molecule has 10 heteroatoms. The molecule has 0 aromatic heterocycles. The Morgan fingerprint density at radius 2 is 1.62 bits per heavy atom. The lowest BCUT2D eigenvalue weighted by atomic mass is 10.0. The number of hydrogen-bond donors (Lipinski definition) is 1. The number of nitrogens with one attached hydrogen (secondary N) is 1. The van der Waals surface area contributed by atoms with E-state index in [4.69, 9.17) is 9.47 Å². The average Bonchev–Trinajstić information content (AvgIpc) is 2.93. The Hall–Kier alpha value is -4.05. The van der Waals surface area contributed by atoms with E-state index >= 15 is 0 Å². The van der Waals surface area contributed by atoms with Crippen LogP contribution >= 0.6 is 0 Å². The van der Waals surface area contributed by atoms with Gasteiger partial charge in [-0.2, -0.15) is 0 Å². The van der Waals surface area contributed by atoms with Gasteiger partial charge < -0.3 is 19.7 Å². The summed E-state index contributed by atoms with van der Waals surface area (Å²) >= 11 is 0. The first-order chi connectivity index (χ1) is 18.6. The molecule has 1 N–H and O–H groups in total. The number of aryl methyl sites for hydroxylation is 1. The molecule has 3 aromatic rings. The van der Waals surface area contributed by atoms with Gasteiger partial charge in [-0.3, -0.25) is 13.9 Å². The molecule has 39 heavy (non-hydrogen) atoms. The molecule has 0 saturated heterocycles. The Bertz CT molecular complexity index is 1400. The van der Waals surface area contributed by atoms with E-state index in [9.17, 15) is 18.0 Å². The smallest absolute Gasteiger partial charge is 0.244 e. The normalized spacial score (nSPS) is 11.8. The maximum atomic E-state index is 14.0. The van der Waals surface area contributed by atoms with Crippen molar-refractivity contribution in [1.82, 2.24) is 10.2 Å². The number of benzene rings is 3. The molecule has 0 spiro atoms. The predicted octanol–water partition coefficient (Wildman–Crippen LogP) is 3.16. The van der Waals surface area contributed by atoms with Gasteiger partial charge in [-0.1, -0.05) is 54.6 Å². The van der Waals surface area contributed by atoms with E-state index in [2.05, 4.69) is 5.32 Å². The number of ether oxygens (including phenoxy) is 2. The van der Waals surface area contributed by atoms with Crippen LogP contribution in [0.15, 0.2) is 72.8 Å². The van der Waals surface area contributed by atoms with Gasteiger partial charge in [0.25, 0.3) is 0 Å². The van der Waals surface area contributed by atoms with Gasteiger partial charge in [0.15, 0.2) is 0 Å². The van der Waals surface area contributed by atoms with Crippen molar-refractivity contribution in [3.05, 3.63) is 89.5 Å². The SMILES string of the molecule is CNC(=O)C(Cc1ccccc1)N(Cc1ccccc1C)C(=O)CN(c1ccc(OC)cc1OC)S(C)(=O)=O. The summed E-state index contributed by atoms with van der Waals surface area (Å²) < 4.78 is 37.6.